The van der Waals surface area contributed by atoms with E-state index in [1.165, 1.54) is 36.7 Å². The molecule has 0 atom stereocenters. The lowest BCUT2D eigenvalue weighted by Crippen LogP contribution is -2.15. The van der Waals surface area contributed by atoms with Gasteiger partial charge in [-0.15, -0.1) is 0 Å². The lowest BCUT2D eigenvalue weighted by Gasteiger charge is -2.12. The molecule has 0 bridgehead atoms. The summed E-state index contributed by atoms with van der Waals surface area (Å²) >= 11 is 0. The molecule has 20 heavy (non-hydrogen) atoms. The molecule has 0 aliphatic rings. The molecular weight excluding hydrogens is 281 g/mol. The van der Waals surface area contributed by atoms with Gasteiger partial charge < -0.3 is 5.32 Å². The fourth-order valence-electron chi connectivity index (χ4n) is 1.66. The van der Waals surface area contributed by atoms with Gasteiger partial charge in [0.2, 0.25) is 0 Å². The van der Waals surface area contributed by atoms with Crippen LogP contribution < -0.4 is 10.0 Å². The fraction of sp³-hybridized carbons (Fsp3) is 0.154. The molecule has 5 nitrogen and oxygen atoms in total. The standard InChI is InChI=1S/C13H14FN3O2S/c1-2-16-12-7-8-15-9-13(12)20(18,19)17-11-5-3-10(14)4-6-11/h3-9,17H,2H2,1H3,(H,15,16). The van der Waals surface area contributed by atoms with Gasteiger partial charge in [0.05, 0.1) is 5.69 Å². The number of hydrogen-bond donors (Lipinski definition) is 2. The highest BCUT2D eigenvalue weighted by atomic mass is 32.2. The summed E-state index contributed by atoms with van der Waals surface area (Å²) in [6, 6.07) is 6.67. The van der Waals surface area contributed by atoms with Crippen LogP contribution in [0.1, 0.15) is 6.92 Å². The highest BCUT2D eigenvalue weighted by molar-refractivity contribution is 7.92. The third kappa shape index (κ3) is 3.24. The van der Waals surface area contributed by atoms with Crippen molar-refractivity contribution in [2.24, 2.45) is 0 Å². The molecule has 0 amide bonds. The Hall–Kier alpha value is -2.15. The molecule has 0 saturated heterocycles. The first-order chi connectivity index (χ1) is 9.53. The van der Waals surface area contributed by atoms with E-state index in [9.17, 15) is 12.8 Å². The predicted molar refractivity (Wildman–Crippen MR) is 75.6 cm³/mol. The highest BCUT2D eigenvalue weighted by Gasteiger charge is 2.18. The normalized spacial score (nSPS) is 11.1. The summed E-state index contributed by atoms with van der Waals surface area (Å²) in [5, 5.41) is 2.96. The van der Waals surface area contributed by atoms with Crippen molar-refractivity contribution in [3.8, 4) is 0 Å². The highest BCUT2D eigenvalue weighted by Crippen LogP contribution is 2.22. The first kappa shape index (κ1) is 14.3. The predicted octanol–water partition coefficient (Wildman–Crippen LogP) is 2.45. The van der Waals surface area contributed by atoms with Crippen LogP contribution in [0.3, 0.4) is 0 Å². The fourth-order valence-corrected chi connectivity index (χ4v) is 2.84. The quantitative estimate of drug-likeness (QED) is 0.889. The number of aromatic nitrogens is 1. The minimum atomic E-state index is -3.78. The number of nitrogens with zero attached hydrogens (tertiary/aromatic N) is 1. The van der Waals surface area contributed by atoms with Crippen molar-refractivity contribution in [3.63, 3.8) is 0 Å². The summed E-state index contributed by atoms with van der Waals surface area (Å²) in [4.78, 5) is 3.88. The zero-order valence-electron chi connectivity index (χ0n) is 10.8. The van der Waals surface area contributed by atoms with Crippen LogP contribution in [0.4, 0.5) is 15.8 Å². The second kappa shape index (κ2) is 5.87. The van der Waals surface area contributed by atoms with Gasteiger partial charge in [-0.25, -0.2) is 12.8 Å². The largest absolute Gasteiger partial charge is 0.384 e. The Labute approximate surface area is 116 Å². The second-order valence-corrected chi connectivity index (χ2v) is 5.67. The van der Waals surface area contributed by atoms with E-state index in [2.05, 4.69) is 15.0 Å². The maximum Gasteiger partial charge on any atom is 0.265 e. The first-order valence-electron chi connectivity index (χ1n) is 5.99. The molecular formula is C13H14FN3O2S. The number of halogens is 1. The average molecular weight is 295 g/mol. The van der Waals surface area contributed by atoms with Gasteiger partial charge in [0.15, 0.2) is 0 Å². The van der Waals surface area contributed by atoms with Gasteiger partial charge in [-0.05, 0) is 37.3 Å². The Morgan fingerprint density at radius 3 is 2.55 bits per heavy atom. The lowest BCUT2D eigenvalue weighted by molar-refractivity contribution is 0.601. The van der Waals surface area contributed by atoms with E-state index in [0.717, 1.165) is 0 Å². The van der Waals surface area contributed by atoms with Crippen molar-refractivity contribution in [2.45, 2.75) is 11.8 Å². The number of nitrogens with one attached hydrogen (secondary N) is 2. The third-order valence-corrected chi connectivity index (χ3v) is 3.95. The minimum absolute atomic E-state index is 0.0474. The van der Waals surface area contributed by atoms with Crippen LogP contribution in [-0.4, -0.2) is 19.9 Å². The zero-order valence-corrected chi connectivity index (χ0v) is 11.6. The Morgan fingerprint density at radius 1 is 1.20 bits per heavy atom. The number of rotatable bonds is 5. The first-order valence-corrected chi connectivity index (χ1v) is 7.47. The van der Waals surface area contributed by atoms with E-state index in [-0.39, 0.29) is 10.6 Å². The SMILES string of the molecule is CCNc1ccncc1S(=O)(=O)Nc1ccc(F)cc1. The van der Waals surface area contributed by atoms with E-state index in [1.54, 1.807) is 6.07 Å². The van der Waals surface area contributed by atoms with E-state index in [0.29, 0.717) is 12.2 Å². The Kier molecular flexibility index (Phi) is 4.19. The van der Waals surface area contributed by atoms with E-state index in [4.69, 9.17) is 0 Å². The summed E-state index contributed by atoms with van der Waals surface area (Å²) in [6.45, 7) is 2.45. The molecule has 0 saturated carbocycles. The number of hydrogen-bond acceptors (Lipinski definition) is 4. The van der Waals surface area contributed by atoms with Gasteiger partial charge in [0.1, 0.15) is 10.7 Å². The van der Waals surface area contributed by atoms with Crippen molar-refractivity contribution >= 4 is 21.4 Å². The van der Waals surface area contributed by atoms with Crippen LogP contribution >= 0.6 is 0 Å². The molecule has 0 aliphatic heterocycles. The molecule has 7 heteroatoms. The van der Waals surface area contributed by atoms with E-state index in [1.807, 2.05) is 6.92 Å². The Bertz CT molecular complexity index is 687. The van der Waals surface area contributed by atoms with Crippen LogP contribution in [0.2, 0.25) is 0 Å². The lowest BCUT2D eigenvalue weighted by atomic mass is 10.3. The summed E-state index contributed by atoms with van der Waals surface area (Å²) in [6.07, 6.45) is 2.78. The molecule has 0 aliphatic carbocycles. The molecule has 1 heterocycles. The molecule has 2 aromatic rings. The van der Waals surface area contributed by atoms with Crippen LogP contribution in [0, 0.1) is 5.82 Å². The molecule has 0 spiro atoms. The Morgan fingerprint density at radius 2 is 1.90 bits per heavy atom. The second-order valence-electron chi connectivity index (χ2n) is 4.01. The van der Waals surface area contributed by atoms with Crippen LogP contribution in [-0.2, 0) is 10.0 Å². The minimum Gasteiger partial charge on any atom is -0.384 e. The monoisotopic (exact) mass is 295 g/mol. The third-order valence-electron chi connectivity index (χ3n) is 2.54. The maximum absolute atomic E-state index is 12.8. The number of benzene rings is 1. The molecule has 0 fully saturated rings. The number of anilines is 2. The molecule has 1 aromatic carbocycles. The summed E-state index contributed by atoms with van der Waals surface area (Å²) in [5.41, 5.74) is 0.759. The van der Waals surface area contributed by atoms with Crippen molar-refractivity contribution < 1.29 is 12.8 Å². The van der Waals surface area contributed by atoms with Gasteiger partial charge in [-0.3, -0.25) is 9.71 Å². The van der Waals surface area contributed by atoms with Gasteiger partial charge >= 0.3 is 0 Å². The van der Waals surface area contributed by atoms with Crippen molar-refractivity contribution in [1.29, 1.82) is 0 Å². The smallest absolute Gasteiger partial charge is 0.265 e. The van der Waals surface area contributed by atoms with Gasteiger partial charge in [-0.2, -0.15) is 0 Å². The number of pyridine rings is 1. The molecule has 2 N–H and O–H groups in total. The number of sulfonamides is 1. The van der Waals surface area contributed by atoms with Crippen molar-refractivity contribution in [3.05, 3.63) is 48.5 Å². The maximum atomic E-state index is 12.8. The molecule has 1 aromatic heterocycles. The molecule has 0 unspecified atom stereocenters. The van der Waals surface area contributed by atoms with Crippen molar-refractivity contribution in [2.75, 3.05) is 16.6 Å². The van der Waals surface area contributed by atoms with Crippen LogP contribution in [0.25, 0.3) is 0 Å². The molecule has 2 rings (SSSR count). The van der Waals surface area contributed by atoms with E-state index < -0.39 is 15.8 Å². The van der Waals surface area contributed by atoms with Gasteiger partial charge in [0.25, 0.3) is 10.0 Å². The van der Waals surface area contributed by atoms with Crippen LogP contribution in [0.5, 0.6) is 0 Å². The summed E-state index contributed by atoms with van der Waals surface area (Å²) in [7, 11) is -3.78. The summed E-state index contributed by atoms with van der Waals surface area (Å²) < 4.78 is 39.8. The average Bonchev–Trinajstić information content (AvgIpc) is 2.42. The van der Waals surface area contributed by atoms with Crippen molar-refractivity contribution in [1.82, 2.24) is 4.98 Å². The van der Waals surface area contributed by atoms with Gasteiger partial charge in [0, 0.05) is 24.6 Å². The van der Waals surface area contributed by atoms with E-state index >= 15 is 0 Å². The Balaban J connectivity index is 2.33. The van der Waals surface area contributed by atoms with Gasteiger partial charge in [-0.1, -0.05) is 0 Å². The molecule has 106 valence electrons. The molecule has 0 radical (unpaired) electrons. The summed E-state index contributed by atoms with van der Waals surface area (Å²) in [5.74, 6) is -0.428. The van der Waals surface area contributed by atoms with Crippen LogP contribution in [0.15, 0.2) is 47.6 Å². The zero-order chi connectivity index (χ0) is 14.6. The topological polar surface area (TPSA) is 71.1 Å².